The van der Waals surface area contributed by atoms with Crippen molar-refractivity contribution in [2.75, 3.05) is 27.2 Å². The summed E-state index contributed by atoms with van der Waals surface area (Å²) in [5.41, 5.74) is 0. The first kappa shape index (κ1) is 11.9. The summed E-state index contributed by atoms with van der Waals surface area (Å²) in [5.74, 6) is 0. The van der Waals surface area contributed by atoms with Gasteiger partial charge < -0.3 is 4.48 Å². The number of nitrogens with zero attached hydrogens (tertiary/aromatic N) is 1. The number of hydrogen-bond donors (Lipinski definition) is 0. The highest BCUT2D eigenvalue weighted by Gasteiger charge is 2.21. The zero-order valence-electron chi connectivity index (χ0n) is 7.77. The van der Waals surface area contributed by atoms with Crippen molar-refractivity contribution >= 4 is 31.9 Å². The smallest absolute Gasteiger partial charge is 0.0920 e. The number of alkyl halides is 2. The third-order valence-electron chi connectivity index (χ3n) is 2.02. The lowest BCUT2D eigenvalue weighted by molar-refractivity contribution is -0.887. The Morgan fingerprint density at radius 3 is 2.00 bits per heavy atom. The summed E-state index contributed by atoms with van der Waals surface area (Å²) in [5, 5.41) is 0. The summed E-state index contributed by atoms with van der Waals surface area (Å²) >= 11 is 7.22. The van der Waals surface area contributed by atoms with Crippen LogP contribution in [0.2, 0.25) is 0 Å². The molecule has 0 N–H and O–H groups in total. The minimum absolute atomic E-state index is 0.548. The van der Waals surface area contributed by atoms with Gasteiger partial charge >= 0.3 is 0 Å². The van der Waals surface area contributed by atoms with Crippen LogP contribution >= 0.6 is 31.9 Å². The van der Waals surface area contributed by atoms with E-state index in [1.165, 1.54) is 13.1 Å². The van der Waals surface area contributed by atoms with Crippen LogP contribution in [-0.2, 0) is 0 Å². The Morgan fingerprint density at radius 2 is 1.73 bits per heavy atom. The van der Waals surface area contributed by atoms with Gasteiger partial charge in [-0.05, 0) is 6.92 Å². The van der Waals surface area contributed by atoms with Crippen LogP contribution < -0.4 is 0 Å². The number of halogens is 2. The van der Waals surface area contributed by atoms with Gasteiger partial charge in [0, 0.05) is 4.83 Å². The summed E-state index contributed by atoms with van der Waals surface area (Å²) in [6, 6.07) is 0. The molecule has 68 valence electrons. The third-order valence-corrected chi connectivity index (χ3v) is 4.45. The maximum absolute atomic E-state index is 3.66. The highest BCUT2D eigenvalue weighted by atomic mass is 79.9. The second-order valence-electron chi connectivity index (χ2n) is 3.63. The van der Waals surface area contributed by atoms with Crippen LogP contribution in [0.15, 0.2) is 0 Å². The molecule has 0 aliphatic carbocycles. The molecule has 0 aromatic rings. The molecule has 0 radical (unpaired) electrons. The van der Waals surface area contributed by atoms with Gasteiger partial charge in [0.25, 0.3) is 0 Å². The summed E-state index contributed by atoms with van der Waals surface area (Å²) in [6.07, 6.45) is 0. The fourth-order valence-corrected chi connectivity index (χ4v) is 1.70. The van der Waals surface area contributed by atoms with Gasteiger partial charge in [0.15, 0.2) is 0 Å². The van der Waals surface area contributed by atoms with Crippen molar-refractivity contribution in [3.8, 4) is 0 Å². The van der Waals surface area contributed by atoms with Crippen molar-refractivity contribution in [1.29, 1.82) is 0 Å². The molecule has 0 heterocycles. The average molecular weight is 288 g/mol. The first-order chi connectivity index (χ1) is 4.89. The van der Waals surface area contributed by atoms with E-state index in [1.54, 1.807) is 0 Å². The van der Waals surface area contributed by atoms with E-state index >= 15 is 0 Å². The monoisotopic (exact) mass is 286 g/mol. The van der Waals surface area contributed by atoms with Crippen LogP contribution in [0, 0.1) is 0 Å². The predicted molar refractivity (Wildman–Crippen MR) is 58.6 cm³/mol. The fraction of sp³-hybridized carbons (Fsp3) is 1.00. The molecule has 0 saturated heterocycles. The molecule has 0 amide bonds. The summed E-state index contributed by atoms with van der Waals surface area (Å²) in [6.45, 7) is 6.75. The van der Waals surface area contributed by atoms with E-state index in [4.69, 9.17) is 0 Å². The van der Waals surface area contributed by atoms with E-state index in [9.17, 15) is 0 Å². The quantitative estimate of drug-likeness (QED) is 0.551. The number of rotatable bonds is 4. The fourth-order valence-electron chi connectivity index (χ4n) is 0.747. The van der Waals surface area contributed by atoms with Gasteiger partial charge in [-0.1, -0.05) is 38.8 Å². The second-order valence-corrected chi connectivity index (χ2v) is 6.25. The second kappa shape index (κ2) is 4.83. The Balaban J connectivity index is 3.83. The van der Waals surface area contributed by atoms with E-state index in [0.29, 0.717) is 9.65 Å². The number of quaternary nitrogens is 1. The lowest BCUT2D eigenvalue weighted by Gasteiger charge is -2.31. The molecule has 0 rings (SSSR count). The maximum atomic E-state index is 3.66. The standard InChI is InChI=1S/C8H18Br2N/c1-5-11(3,4)6-8(10)7(2)9/h7-8H,5-6H2,1-4H3/q+1/t7-,8+/m1/s1. The zero-order valence-corrected chi connectivity index (χ0v) is 10.9. The summed E-state index contributed by atoms with van der Waals surface area (Å²) in [7, 11) is 4.51. The van der Waals surface area contributed by atoms with Gasteiger partial charge in [0.1, 0.15) is 0 Å². The molecule has 0 aliphatic rings. The molecule has 1 nitrogen and oxygen atoms in total. The SMILES string of the molecule is CC[N+](C)(C)C[C@H](Br)[C@@H](C)Br. The van der Waals surface area contributed by atoms with Gasteiger partial charge in [-0.25, -0.2) is 0 Å². The van der Waals surface area contributed by atoms with Gasteiger partial charge in [-0.2, -0.15) is 0 Å². The third kappa shape index (κ3) is 5.21. The van der Waals surface area contributed by atoms with Crippen LogP contribution in [0.3, 0.4) is 0 Å². The molecule has 0 saturated carbocycles. The van der Waals surface area contributed by atoms with Gasteiger partial charge in [0.2, 0.25) is 0 Å². The van der Waals surface area contributed by atoms with Crippen LogP contribution in [0.1, 0.15) is 13.8 Å². The van der Waals surface area contributed by atoms with Crippen molar-refractivity contribution in [2.24, 2.45) is 0 Å². The molecule has 3 heteroatoms. The maximum Gasteiger partial charge on any atom is 0.0920 e. The molecular weight excluding hydrogens is 270 g/mol. The topological polar surface area (TPSA) is 0 Å². The molecule has 0 unspecified atom stereocenters. The molecule has 0 bridgehead atoms. The Bertz CT molecular complexity index is 113. The van der Waals surface area contributed by atoms with Crippen molar-refractivity contribution in [2.45, 2.75) is 23.5 Å². The van der Waals surface area contributed by atoms with Gasteiger partial charge in [0.05, 0.1) is 32.0 Å². The molecule has 2 atom stereocenters. The van der Waals surface area contributed by atoms with E-state index in [-0.39, 0.29) is 0 Å². The predicted octanol–water partition coefficient (Wildman–Crippen LogP) is 2.63. The normalized spacial score (nSPS) is 18.0. The van der Waals surface area contributed by atoms with Crippen molar-refractivity contribution in [1.82, 2.24) is 0 Å². The van der Waals surface area contributed by atoms with E-state index in [2.05, 4.69) is 59.8 Å². The molecule has 0 aromatic heterocycles. The van der Waals surface area contributed by atoms with Crippen LogP contribution in [-0.4, -0.2) is 41.3 Å². The van der Waals surface area contributed by atoms with Crippen LogP contribution in [0.5, 0.6) is 0 Å². The van der Waals surface area contributed by atoms with E-state index in [1.807, 2.05) is 0 Å². The average Bonchev–Trinajstić information content (AvgIpc) is 1.87. The molecular formula is C8H18Br2N+. The Hall–Kier alpha value is 0.920. The van der Waals surface area contributed by atoms with E-state index in [0.717, 1.165) is 4.48 Å². The lowest BCUT2D eigenvalue weighted by Crippen LogP contribution is -2.45. The van der Waals surface area contributed by atoms with Crippen molar-refractivity contribution in [3.05, 3.63) is 0 Å². The number of hydrogen-bond acceptors (Lipinski definition) is 0. The Kier molecular flexibility index (Phi) is 5.23. The van der Waals surface area contributed by atoms with Gasteiger partial charge in [-0.15, -0.1) is 0 Å². The Morgan fingerprint density at radius 1 is 1.27 bits per heavy atom. The minimum atomic E-state index is 0.548. The molecule has 0 aromatic carbocycles. The molecule has 0 fully saturated rings. The first-order valence-corrected chi connectivity index (χ1v) is 5.82. The van der Waals surface area contributed by atoms with Crippen LogP contribution in [0.4, 0.5) is 0 Å². The van der Waals surface area contributed by atoms with Gasteiger partial charge in [-0.3, -0.25) is 0 Å². The van der Waals surface area contributed by atoms with Crippen LogP contribution in [0.25, 0.3) is 0 Å². The highest BCUT2D eigenvalue weighted by Crippen LogP contribution is 2.16. The first-order valence-electron chi connectivity index (χ1n) is 3.99. The van der Waals surface area contributed by atoms with Crippen molar-refractivity contribution in [3.63, 3.8) is 0 Å². The largest absolute Gasteiger partial charge is 0.328 e. The summed E-state index contributed by atoms with van der Waals surface area (Å²) in [4.78, 5) is 1.11. The summed E-state index contributed by atoms with van der Waals surface area (Å²) < 4.78 is 1.08. The van der Waals surface area contributed by atoms with Crippen molar-refractivity contribution < 1.29 is 4.48 Å². The highest BCUT2D eigenvalue weighted by molar-refractivity contribution is 9.12. The minimum Gasteiger partial charge on any atom is -0.328 e. The Labute approximate surface area is 87.0 Å². The molecule has 11 heavy (non-hydrogen) atoms. The lowest BCUT2D eigenvalue weighted by atomic mass is 10.3. The molecule has 0 aliphatic heterocycles. The molecule has 0 spiro atoms. The van der Waals surface area contributed by atoms with E-state index < -0.39 is 0 Å². The zero-order chi connectivity index (χ0) is 9.07.